The normalized spacial score (nSPS) is 10.8. The van der Waals surface area contributed by atoms with Gasteiger partial charge in [-0.25, -0.2) is 0 Å². The zero-order valence-electron chi connectivity index (χ0n) is 26.1. The molecule has 0 aliphatic heterocycles. The zero-order chi connectivity index (χ0) is 33.2. The first kappa shape index (κ1) is 32.9. The van der Waals surface area contributed by atoms with Crippen molar-refractivity contribution in [3.8, 4) is 22.3 Å². The van der Waals surface area contributed by atoms with E-state index in [4.69, 9.17) is 4.74 Å². The quantitative estimate of drug-likeness (QED) is 0.153. The number of hydrogen-bond donors (Lipinski definition) is 3. The molecule has 2 aromatic heterocycles. The van der Waals surface area contributed by atoms with Crippen LogP contribution >= 0.6 is 0 Å². The van der Waals surface area contributed by atoms with E-state index in [9.17, 15) is 24.9 Å². The van der Waals surface area contributed by atoms with Gasteiger partial charge in [0.2, 0.25) is 0 Å². The summed E-state index contributed by atoms with van der Waals surface area (Å²) in [4.78, 5) is 32.0. The number of fused-ring (bicyclic) bond motifs is 2. The van der Waals surface area contributed by atoms with Gasteiger partial charge in [-0.1, -0.05) is 97.1 Å². The number of ether oxygens (including phenoxy) is 1. The monoisotopic (exact) mass is 628 g/mol. The summed E-state index contributed by atoms with van der Waals surface area (Å²) in [5.74, 6) is -1.17. The van der Waals surface area contributed by atoms with Crippen molar-refractivity contribution in [1.29, 1.82) is 0 Å². The Morgan fingerprint density at radius 2 is 1.04 bits per heavy atom. The Bertz CT molecular complexity index is 1990. The summed E-state index contributed by atoms with van der Waals surface area (Å²) in [7, 11) is 1.39. The molecular formula is C39H36N2O6. The van der Waals surface area contributed by atoms with Crippen molar-refractivity contribution >= 4 is 33.7 Å². The van der Waals surface area contributed by atoms with Crippen LogP contribution in [-0.2, 0) is 40.0 Å². The van der Waals surface area contributed by atoms with Crippen LogP contribution in [0.1, 0.15) is 22.3 Å². The molecule has 0 atom stereocenters. The maximum atomic E-state index is 11.8. The third-order valence-corrected chi connectivity index (χ3v) is 7.91. The number of carboxylic acids is 1. The molecule has 0 radical (unpaired) electrons. The number of pyridine rings is 2. The van der Waals surface area contributed by atoms with Gasteiger partial charge in [0.05, 0.1) is 31.0 Å². The third kappa shape index (κ3) is 7.69. The molecule has 0 aliphatic carbocycles. The van der Waals surface area contributed by atoms with Crippen molar-refractivity contribution in [2.45, 2.75) is 25.7 Å². The lowest BCUT2D eigenvalue weighted by atomic mass is 9.93. The highest BCUT2D eigenvalue weighted by Gasteiger charge is 2.17. The minimum atomic E-state index is -0.880. The Balaban J connectivity index is 0.000000185. The molecule has 0 saturated heterocycles. The second-order valence-corrected chi connectivity index (χ2v) is 10.9. The van der Waals surface area contributed by atoms with E-state index >= 15 is 0 Å². The number of hydrogen-bond acceptors (Lipinski definition) is 7. The first-order valence-electron chi connectivity index (χ1n) is 15.3. The summed E-state index contributed by atoms with van der Waals surface area (Å²) < 4.78 is 4.82. The molecule has 0 aliphatic rings. The molecule has 6 aromatic rings. The maximum Gasteiger partial charge on any atom is 0.310 e. The van der Waals surface area contributed by atoms with E-state index in [-0.39, 0.29) is 32.0 Å². The Labute approximate surface area is 273 Å². The molecule has 0 spiro atoms. The molecule has 47 heavy (non-hydrogen) atoms. The zero-order valence-corrected chi connectivity index (χ0v) is 26.1. The number of carboxylic acid groups (broad SMARTS) is 1. The van der Waals surface area contributed by atoms with Crippen LogP contribution in [0.15, 0.2) is 109 Å². The topological polar surface area (TPSA) is 130 Å². The van der Waals surface area contributed by atoms with Crippen LogP contribution in [-0.4, -0.2) is 57.5 Å². The van der Waals surface area contributed by atoms with Gasteiger partial charge in [-0.15, -0.1) is 0 Å². The molecule has 8 heteroatoms. The molecule has 8 nitrogen and oxygen atoms in total. The number of benzene rings is 4. The van der Waals surface area contributed by atoms with Crippen molar-refractivity contribution in [3.05, 3.63) is 132 Å². The van der Waals surface area contributed by atoms with Crippen LogP contribution in [0.2, 0.25) is 0 Å². The molecule has 0 fully saturated rings. The van der Waals surface area contributed by atoms with Crippen LogP contribution < -0.4 is 0 Å². The van der Waals surface area contributed by atoms with E-state index in [0.717, 1.165) is 60.8 Å². The summed E-state index contributed by atoms with van der Waals surface area (Å²) in [6.07, 6.45) is 4.55. The molecule has 0 unspecified atom stereocenters. The molecule has 0 bridgehead atoms. The summed E-state index contributed by atoms with van der Waals surface area (Å²) >= 11 is 0. The number of methoxy groups -OCH3 is 1. The smallest absolute Gasteiger partial charge is 0.310 e. The van der Waals surface area contributed by atoms with Gasteiger partial charge >= 0.3 is 11.9 Å². The largest absolute Gasteiger partial charge is 0.481 e. The van der Waals surface area contributed by atoms with Crippen molar-refractivity contribution in [3.63, 3.8) is 0 Å². The van der Waals surface area contributed by atoms with Crippen LogP contribution in [0, 0.1) is 0 Å². The number of aliphatic hydroxyl groups is 2. The lowest BCUT2D eigenvalue weighted by Gasteiger charge is -2.14. The molecule has 238 valence electrons. The van der Waals surface area contributed by atoms with Gasteiger partial charge in [0.25, 0.3) is 0 Å². The Morgan fingerprint density at radius 1 is 0.596 bits per heavy atom. The van der Waals surface area contributed by atoms with E-state index in [2.05, 4.69) is 9.97 Å². The second kappa shape index (κ2) is 15.7. The molecule has 4 aromatic carbocycles. The highest BCUT2D eigenvalue weighted by Crippen LogP contribution is 2.34. The van der Waals surface area contributed by atoms with Gasteiger partial charge in [0, 0.05) is 36.4 Å². The first-order chi connectivity index (χ1) is 22.9. The summed E-state index contributed by atoms with van der Waals surface area (Å²) in [6, 6.07) is 31.5. The molecule has 2 heterocycles. The number of para-hydroxylation sites is 2. The number of carbonyl (C=O) groups is 2. The van der Waals surface area contributed by atoms with Gasteiger partial charge in [-0.3, -0.25) is 19.6 Å². The Hall–Kier alpha value is -5.44. The molecule has 3 N–H and O–H groups in total. The second-order valence-electron chi connectivity index (χ2n) is 10.9. The number of nitrogens with zero attached hydrogens (tertiary/aromatic N) is 2. The molecular weight excluding hydrogens is 592 g/mol. The van der Waals surface area contributed by atoms with Crippen molar-refractivity contribution in [2.24, 2.45) is 0 Å². The number of carbonyl (C=O) groups excluding carboxylic acids is 1. The fraction of sp³-hybridized carbons (Fsp3) is 0.179. The summed E-state index contributed by atoms with van der Waals surface area (Å²) in [5.41, 5.74) is 9.05. The Kier molecular flexibility index (Phi) is 11.0. The van der Waals surface area contributed by atoms with Gasteiger partial charge < -0.3 is 20.1 Å². The first-order valence-corrected chi connectivity index (χ1v) is 15.3. The van der Waals surface area contributed by atoms with Crippen LogP contribution in [0.4, 0.5) is 0 Å². The average Bonchev–Trinajstić information content (AvgIpc) is 3.09. The number of esters is 1. The number of aliphatic carboxylic acids is 1. The predicted molar refractivity (Wildman–Crippen MR) is 183 cm³/mol. The fourth-order valence-electron chi connectivity index (χ4n) is 5.85. The number of rotatable bonds is 10. The third-order valence-electron chi connectivity index (χ3n) is 7.91. The average molecular weight is 629 g/mol. The number of aromatic nitrogens is 2. The molecule has 0 amide bonds. The minimum Gasteiger partial charge on any atom is -0.481 e. The minimum absolute atomic E-state index is 0.0539. The van der Waals surface area contributed by atoms with E-state index in [1.807, 2.05) is 97.1 Å². The highest BCUT2D eigenvalue weighted by atomic mass is 16.5. The summed E-state index contributed by atoms with van der Waals surface area (Å²) in [6.45, 7) is 0.129. The van der Waals surface area contributed by atoms with Gasteiger partial charge in [0.15, 0.2) is 0 Å². The van der Waals surface area contributed by atoms with Crippen molar-refractivity contribution in [1.82, 2.24) is 9.97 Å². The number of aliphatic hydroxyl groups excluding tert-OH is 2. The summed E-state index contributed by atoms with van der Waals surface area (Å²) in [5, 5.41) is 29.6. The van der Waals surface area contributed by atoms with Crippen LogP contribution in [0.25, 0.3) is 44.1 Å². The van der Waals surface area contributed by atoms with Gasteiger partial charge in [0.1, 0.15) is 0 Å². The lowest BCUT2D eigenvalue weighted by molar-refractivity contribution is -0.140. The predicted octanol–water partition coefficient (Wildman–Crippen LogP) is 6.22. The van der Waals surface area contributed by atoms with E-state index in [1.54, 1.807) is 12.4 Å². The fourth-order valence-corrected chi connectivity index (χ4v) is 5.85. The molecule has 6 rings (SSSR count). The van der Waals surface area contributed by atoms with E-state index < -0.39 is 5.97 Å². The highest BCUT2D eigenvalue weighted by molar-refractivity contribution is 5.99. The van der Waals surface area contributed by atoms with Crippen LogP contribution in [0.5, 0.6) is 0 Å². The Morgan fingerprint density at radius 3 is 1.45 bits per heavy atom. The van der Waals surface area contributed by atoms with Crippen molar-refractivity contribution < 1.29 is 29.6 Å². The maximum absolute atomic E-state index is 11.8. The van der Waals surface area contributed by atoms with Crippen molar-refractivity contribution in [2.75, 3.05) is 20.3 Å². The van der Waals surface area contributed by atoms with Gasteiger partial charge in [-0.05, 0) is 57.3 Å². The standard InChI is InChI=1S/C20H19NO3.C19H17NO3/c1-24-18(23)12-16-13-21-20-15(10-11-22)8-5-9-17(20)19(16)14-6-3-2-4-7-14;21-10-9-14-7-4-8-16-18(13-5-2-1-3-6-13)15(11-17(22)23)12-20-19(14)16/h2-9,13,22H,10-12H2,1H3;1-8,12,21H,9-11H2,(H,22,23). The molecule has 0 saturated carbocycles. The van der Waals surface area contributed by atoms with E-state index in [1.165, 1.54) is 7.11 Å². The van der Waals surface area contributed by atoms with Crippen LogP contribution in [0.3, 0.4) is 0 Å². The van der Waals surface area contributed by atoms with E-state index in [0.29, 0.717) is 18.4 Å². The van der Waals surface area contributed by atoms with Gasteiger partial charge in [-0.2, -0.15) is 0 Å². The lowest BCUT2D eigenvalue weighted by Crippen LogP contribution is -2.07. The SMILES string of the molecule is COC(=O)Cc1cnc2c(CCO)cccc2c1-c1ccccc1.O=C(O)Cc1cnc2c(CCO)cccc2c1-c1ccccc1.